The lowest BCUT2D eigenvalue weighted by Crippen LogP contribution is -2.46. The first-order valence-corrected chi connectivity index (χ1v) is 7.77. The predicted octanol–water partition coefficient (Wildman–Crippen LogP) is 2.62. The highest BCUT2D eigenvalue weighted by molar-refractivity contribution is 6.32. The summed E-state index contributed by atoms with van der Waals surface area (Å²) >= 11 is 6.17. The summed E-state index contributed by atoms with van der Waals surface area (Å²) < 4.78 is 0. The molecule has 4 nitrogen and oxygen atoms in total. The summed E-state index contributed by atoms with van der Waals surface area (Å²) in [5.74, 6) is 1.22. The largest absolute Gasteiger partial charge is 0.355 e. The van der Waals surface area contributed by atoms with Crippen LogP contribution in [0.4, 0.5) is 5.82 Å². The zero-order valence-corrected chi connectivity index (χ0v) is 12.3. The lowest BCUT2D eigenvalue weighted by atomic mass is 9.90. The van der Waals surface area contributed by atoms with Crippen molar-refractivity contribution < 1.29 is 4.79 Å². The van der Waals surface area contributed by atoms with E-state index in [0.717, 1.165) is 44.6 Å². The van der Waals surface area contributed by atoms with Crippen LogP contribution in [0, 0.1) is 5.92 Å². The minimum absolute atomic E-state index is 0.148. The van der Waals surface area contributed by atoms with Gasteiger partial charge in [-0.1, -0.05) is 11.6 Å². The number of rotatable bonds is 3. The molecule has 1 saturated carbocycles. The van der Waals surface area contributed by atoms with Crippen molar-refractivity contribution in [3.8, 4) is 0 Å². The molecule has 0 aromatic carbocycles. The van der Waals surface area contributed by atoms with Crippen LogP contribution in [0.2, 0.25) is 5.02 Å². The van der Waals surface area contributed by atoms with E-state index >= 15 is 0 Å². The topological polar surface area (TPSA) is 45.2 Å². The Morgan fingerprint density at radius 1 is 1.30 bits per heavy atom. The van der Waals surface area contributed by atoms with Crippen molar-refractivity contribution in [1.82, 2.24) is 10.3 Å². The second-order valence-electron chi connectivity index (χ2n) is 5.71. The normalized spacial score (nSPS) is 20.6. The van der Waals surface area contributed by atoms with Gasteiger partial charge in [0.05, 0.1) is 5.02 Å². The molecule has 1 saturated heterocycles. The van der Waals surface area contributed by atoms with Gasteiger partial charge in [0, 0.05) is 31.2 Å². The molecule has 20 heavy (non-hydrogen) atoms. The van der Waals surface area contributed by atoms with E-state index in [-0.39, 0.29) is 11.8 Å². The Morgan fingerprint density at radius 2 is 2.05 bits per heavy atom. The SMILES string of the molecule is O=C(NC1CCC1)C1CCN(c2ncccc2Cl)CC1. The van der Waals surface area contributed by atoms with Gasteiger partial charge >= 0.3 is 0 Å². The number of hydrogen-bond acceptors (Lipinski definition) is 3. The number of pyridine rings is 1. The highest BCUT2D eigenvalue weighted by atomic mass is 35.5. The summed E-state index contributed by atoms with van der Waals surface area (Å²) in [5, 5.41) is 3.84. The van der Waals surface area contributed by atoms with Crippen LogP contribution in [0.15, 0.2) is 18.3 Å². The van der Waals surface area contributed by atoms with Gasteiger partial charge in [-0.3, -0.25) is 4.79 Å². The monoisotopic (exact) mass is 293 g/mol. The number of piperidine rings is 1. The zero-order chi connectivity index (χ0) is 13.9. The molecule has 1 aromatic rings. The van der Waals surface area contributed by atoms with Crippen molar-refractivity contribution in [2.45, 2.75) is 38.1 Å². The van der Waals surface area contributed by atoms with Gasteiger partial charge < -0.3 is 10.2 Å². The first-order chi connectivity index (χ1) is 9.74. The Bertz CT molecular complexity index is 482. The van der Waals surface area contributed by atoms with Crippen LogP contribution in [0.3, 0.4) is 0 Å². The van der Waals surface area contributed by atoms with Crippen LogP contribution >= 0.6 is 11.6 Å². The lowest BCUT2D eigenvalue weighted by molar-refractivity contribution is -0.126. The van der Waals surface area contributed by atoms with E-state index in [1.807, 2.05) is 12.1 Å². The second kappa shape index (κ2) is 6.00. The number of anilines is 1. The summed E-state index contributed by atoms with van der Waals surface area (Å²) in [4.78, 5) is 18.7. The van der Waals surface area contributed by atoms with Crippen molar-refractivity contribution in [1.29, 1.82) is 0 Å². The third kappa shape index (κ3) is 2.90. The minimum Gasteiger partial charge on any atom is -0.355 e. The molecule has 2 fully saturated rings. The maximum atomic E-state index is 12.1. The molecule has 5 heteroatoms. The fourth-order valence-corrected chi connectivity index (χ4v) is 3.08. The smallest absolute Gasteiger partial charge is 0.223 e. The lowest BCUT2D eigenvalue weighted by Gasteiger charge is -2.34. The molecule has 1 N–H and O–H groups in total. The number of amides is 1. The van der Waals surface area contributed by atoms with Gasteiger partial charge in [-0.05, 0) is 44.2 Å². The quantitative estimate of drug-likeness (QED) is 0.932. The minimum atomic E-state index is 0.148. The van der Waals surface area contributed by atoms with Gasteiger partial charge in [0.1, 0.15) is 5.82 Å². The molecule has 0 unspecified atom stereocenters. The first-order valence-electron chi connectivity index (χ1n) is 7.40. The molecular formula is C15H20ClN3O. The molecule has 0 radical (unpaired) electrons. The van der Waals surface area contributed by atoms with E-state index in [1.165, 1.54) is 6.42 Å². The zero-order valence-electron chi connectivity index (χ0n) is 11.5. The molecule has 2 aliphatic rings. The van der Waals surface area contributed by atoms with Crippen molar-refractivity contribution in [3.05, 3.63) is 23.4 Å². The second-order valence-corrected chi connectivity index (χ2v) is 6.11. The summed E-state index contributed by atoms with van der Waals surface area (Å²) in [6.45, 7) is 1.69. The van der Waals surface area contributed by atoms with Crippen LogP contribution in [0.1, 0.15) is 32.1 Å². The van der Waals surface area contributed by atoms with Crippen LogP contribution in [0.5, 0.6) is 0 Å². The molecule has 0 atom stereocenters. The molecule has 1 amide bonds. The van der Waals surface area contributed by atoms with Crippen molar-refractivity contribution >= 4 is 23.3 Å². The Hall–Kier alpha value is -1.29. The highest BCUT2D eigenvalue weighted by Gasteiger charge is 2.28. The number of hydrogen-bond donors (Lipinski definition) is 1. The molecule has 0 bridgehead atoms. The summed E-state index contributed by atoms with van der Waals surface area (Å²) in [5.41, 5.74) is 0. The molecule has 1 aliphatic heterocycles. The maximum Gasteiger partial charge on any atom is 0.223 e. The number of carbonyl (C=O) groups excluding carboxylic acids is 1. The molecule has 0 spiro atoms. The van der Waals surface area contributed by atoms with E-state index in [1.54, 1.807) is 6.20 Å². The third-order valence-corrected chi connectivity index (χ3v) is 4.65. The average molecular weight is 294 g/mol. The van der Waals surface area contributed by atoms with E-state index < -0.39 is 0 Å². The van der Waals surface area contributed by atoms with Crippen LogP contribution in [-0.2, 0) is 4.79 Å². The molecular weight excluding hydrogens is 274 g/mol. The Kier molecular flexibility index (Phi) is 4.10. The van der Waals surface area contributed by atoms with Crippen LogP contribution < -0.4 is 10.2 Å². The van der Waals surface area contributed by atoms with Gasteiger partial charge in [0.15, 0.2) is 0 Å². The number of halogens is 1. The summed E-state index contributed by atoms with van der Waals surface area (Å²) in [6.07, 6.45) is 7.07. The number of nitrogens with one attached hydrogen (secondary N) is 1. The number of nitrogens with zero attached hydrogens (tertiary/aromatic N) is 2. The van der Waals surface area contributed by atoms with Crippen molar-refractivity contribution in [3.63, 3.8) is 0 Å². The Balaban J connectivity index is 1.54. The van der Waals surface area contributed by atoms with Crippen molar-refractivity contribution in [2.24, 2.45) is 5.92 Å². The molecule has 1 aliphatic carbocycles. The van der Waals surface area contributed by atoms with Crippen LogP contribution in [-0.4, -0.2) is 30.0 Å². The number of carbonyl (C=O) groups is 1. The van der Waals surface area contributed by atoms with Gasteiger partial charge in [0.2, 0.25) is 5.91 Å². The first kappa shape index (κ1) is 13.7. The number of aromatic nitrogens is 1. The van der Waals surface area contributed by atoms with Gasteiger partial charge in [0.25, 0.3) is 0 Å². The summed E-state index contributed by atoms with van der Waals surface area (Å²) in [6, 6.07) is 4.13. The van der Waals surface area contributed by atoms with E-state index in [2.05, 4.69) is 15.2 Å². The molecule has 3 rings (SSSR count). The fourth-order valence-electron chi connectivity index (χ4n) is 2.84. The van der Waals surface area contributed by atoms with E-state index in [9.17, 15) is 4.79 Å². The Morgan fingerprint density at radius 3 is 2.65 bits per heavy atom. The van der Waals surface area contributed by atoms with Crippen LogP contribution in [0.25, 0.3) is 0 Å². The Labute approximate surface area is 124 Å². The fraction of sp³-hybridized carbons (Fsp3) is 0.600. The van der Waals surface area contributed by atoms with Gasteiger partial charge in [-0.25, -0.2) is 4.98 Å². The molecule has 108 valence electrons. The summed E-state index contributed by atoms with van der Waals surface area (Å²) in [7, 11) is 0. The van der Waals surface area contributed by atoms with Gasteiger partial charge in [-0.2, -0.15) is 0 Å². The molecule has 1 aromatic heterocycles. The maximum absolute atomic E-state index is 12.1. The van der Waals surface area contributed by atoms with E-state index in [4.69, 9.17) is 11.6 Å². The third-order valence-electron chi connectivity index (χ3n) is 4.36. The predicted molar refractivity (Wildman–Crippen MR) is 80.0 cm³/mol. The van der Waals surface area contributed by atoms with Gasteiger partial charge in [-0.15, -0.1) is 0 Å². The standard InChI is InChI=1S/C15H20ClN3O/c16-13-5-2-8-17-14(13)19-9-6-11(7-10-19)15(20)18-12-3-1-4-12/h2,5,8,11-12H,1,3-4,6-7,9-10H2,(H,18,20). The highest BCUT2D eigenvalue weighted by Crippen LogP contribution is 2.28. The van der Waals surface area contributed by atoms with Crippen molar-refractivity contribution in [2.75, 3.05) is 18.0 Å². The molecule has 2 heterocycles. The average Bonchev–Trinajstić information content (AvgIpc) is 2.43. The van der Waals surface area contributed by atoms with E-state index in [0.29, 0.717) is 11.1 Å².